The van der Waals surface area contributed by atoms with Crippen molar-refractivity contribution in [2.75, 3.05) is 13.1 Å². The number of hydrogen-bond donors (Lipinski definition) is 1. The molecule has 1 fully saturated rings. The van der Waals surface area contributed by atoms with Gasteiger partial charge in [-0.1, -0.05) is 30.3 Å². The van der Waals surface area contributed by atoms with Crippen LogP contribution in [0.1, 0.15) is 37.7 Å². The van der Waals surface area contributed by atoms with Gasteiger partial charge >= 0.3 is 5.97 Å². The first-order valence-electron chi connectivity index (χ1n) is 7.68. The van der Waals surface area contributed by atoms with E-state index in [0.717, 1.165) is 44.3 Å². The van der Waals surface area contributed by atoms with Crippen LogP contribution in [0.4, 0.5) is 0 Å². The normalized spacial score (nSPS) is 15.9. The largest absolute Gasteiger partial charge is 0.481 e. The van der Waals surface area contributed by atoms with Crippen molar-refractivity contribution >= 4 is 11.9 Å². The first kappa shape index (κ1) is 15.5. The molecule has 1 heterocycles. The third-order valence-electron chi connectivity index (χ3n) is 4.17. The number of aliphatic carboxylic acids is 1. The lowest BCUT2D eigenvalue weighted by atomic mass is 9.91. The number of carboxylic acids is 1. The van der Waals surface area contributed by atoms with Crippen molar-refractivity contribution in [1.82, 2.24) is 4.90 Å². The molecule has 1 saturated heterocycles. The lowest BCUT2D eigenvalue weighted by molar-refractivity contribution is -0.137. The van der Waals surface area contributed by atoms with Crippen LogP contribution in [0.5, 0.6) is 0 Å². The Morgan fingerprint density at radius 3 is 2.43 bits per heavy atom. The van der Waals surface area contributed by atoms with Crippen LogP contribution < -0.4 is 0 Å². The summed E-state index contributed by atoms with van der Waals surface area (Å²) in [7, 11) is 0. The van der Waals surface area contributed by atoms with Crippen molar-refractivity contribution < 1.29 is 14.7 Å². The van der Waals surface area contributed by atoms with E-state index in [1.165, 1.54) is 0 Å². The Hall–Kier alpha value is -1.84. The predicted molar refractivity (Wildman–Crippen MR) is 80.9 cm³/mol. The number of benzene rings is 1. The number of likely N-dealkylation sites (tertiary alicyclic amines) is 1. The third-order valence-corrected chi connectivity index (χ3v) is 4.17. The van der Waals surface area contributed by atoms with E-state index >= 15 is 0 Å². The second-order valence-electron chi connectivity index (χ2n) is 5.77. The highest BCUT2D eigenvalue weighted by Crippen LogP contribution is 2.23. The number of amides is 1. The van der Waals surface area contributed by atoms with Crippen LogP contribution in [0.15, 0.2) is 30.3 Å². The van der Waals surface area contributed by atoms with Gasteiger partial charge in [0.1, 0.15) is 0 Å². The van der Waals surface area contributed by atoms with Crippen molar-refractivity contribution in [2.45, 2.75) is 38.5 Å². The molecule has 0 aliphatic carbocycles. The highest BCUT2D eigenvalue weighted by Gasteiger charge is 2.22. The van der Waals surface area contributed by atoms with E-state index in [1.54, 1.807) is 0 Å². The molecule has 0 spiro atoms. The van der Waals surface area contributed by atoms with Crippen LogP contribution in [0.3, 0.4) is 0 Å². The van der Waals surface area contributed by atoms with Gasteiger partial charge in [0.15, 0.2) is 0 Å². The zero-order valence-electron chi connectivity index (χ0n) is 12.3. The highest BCUT2D eigenvalue weighted by molar-refractivity contribution is 5.78. The summed E-state index contributed by atoms with van der Waals surface area (Å²) in [5, 5.41) is 8.65. The molecule has 0 aromatic heterocycles. The zero-order chi connectivity index (χ0) is 15.1. The first-order chi connectivity index (χ1) is 10.1. The molecule has 2 rings (SSSR count). The predicted octanol–water partition coefficient (Wildman–Crippen LogP) is 2.72. The lowest BCUT2D eigenvalue weighted by Gasteiger charge is -2.32. The van der Waals surface area contributed by atoms with E-state index in [4.69, 9.17) is 5.11 Å². The molecule has 1 aliphatic heterocycles. The van der Waals surface area contributed by atoms with E-state index in [2.05, 4.69) is 0 Å². The molecule has 0 atom stereocenters. The Kier molecular flexibility index (Phi) is 5.78. The maximum Gasteiger partial charge on any atom is 0.303 e. The first-order valence-corrected chi connectivity index (χ1v) is 7.68. The summed E-state index contributed by atoms with van der Waals surface area (Å²) >= 11 is 0. The molecule has 21 heavy (non-hydrogen) atoms. The number of rotatable bonds is 6. The van der Waals surface area contributed by atoms with Gasteiger partial charge in [-0.15, -0.1) is 0 Å². The Bertz CT molecular complexity index is 464. The summed E-state index contributed by atoms with van der Waals surface area (Å²) in [5.41, 5.74) is 1.06. The summed E-state index contributed by atoms with van der Waals surface area (Å²) in [4.78, 5) is 24.7. The number of carboxylic acid groups (broad SMARTS) is 1. The van der Waals surface area contributed by atoms with Gasteiger partial charge in [0, 0.05) is 19.5 Å². The summed E-state index contributed by atoms with van der Waals surface area (Å²) < 4.78 is 0. The van der Waals surface area contributed by atoms with Gasteiger partial charge in [-0.2, -0.15) is 0 Å². The minimum Gasteiger partial charge on any atom is -0.481 e. The van der Waals surface area contributed by atoms with Gasteiger partial charge in [0.05, 0.1) is 6.42 Å². The molecular weight excluding hydrogens is 266 g/mol. The van der Waals surface area contributed by atoms with Crippen LogP contribution >= 0.6 is 0 Å². The molecule has 1 amide bonds. The van der Waals surface area contributed by atoms with Crippen molar-refractivity contribution in [3.05, 3.63) is 35.9 Å². The van der Waals surface area contributed by atoms with Gasteiger partial charge in [-0.25, -0.2) is 0 Å². The Labute approximate surface area is 125 Å². The molecule has 0 saturated carbocycles. The molecule has 0 bridgehead atoms. The molecule has 0 radical (unpaired) electrons. The van der Waals surface area contributed by atoms with Gasteiger partial charge in [-0.05, 0) is 37.2 Å². The number of hydrogen-bond acceptors (Lipinski definition) is 2. The molecule has 0 unspecified atom stereocenters. The summed E-state index contributed by atoms with van der Waals surface area (Å²) in [5.74, 6) is 0.0563. The number of piperidine rings is 1. The topological polar surface area (TPSA) is 57.6 Å². The highest BCUT2D eigenvalue weighted by atomic mass is 16.4. The number of carbonyl (C=O) groups is 2. The average molecular weight is 289 g/mol. The molecule has 114 valence electrons. The van der Waals surface area contributed by atoms with Crippen LogP contribution in [0.2, 0.25) is 0 Å². The molecule has 4 nitrogen and oxygen atoms in total. The second-order valence-corrected chi connectivity index (χ2v) is 5.77. The fraction of sp³-hybridized carbons (Fsp3) is 0.529. The quantitative estimate of drug-likeness (QED) is 0.876. The Balaban J connectivity index is 1.71. The van der Waals surface area contributed by atoms with Gasteiger partial charge < -0.3 is 10.0 Å². The number of nitrogens with zero attached hydrogens (tertiary/aromatic N) is 1. The summed E-state index contributed by atoms with van der Waals surface area (Å²) in [6.45, 7) is 1.62. The van der Waals surface area contributed by atoms with Crippen LogP contribution in [-0.2, 0) is 16.0 Å². The van der Waals surface area contributed by atoms with Crippen LogP contribution in [0, 0.1) is 5.92 Å². The molecule has 1 aliphatic rings. The van der Waals surface area contributed by atoms with Crippen molar-refractivity contribution in [1.29, 1.82) is 0 Å². The smallest absolute Gasteiger partial charge is 0.303 e. The molecule has 1 aromatic carbocycles. The van der Waals surface area contributed by atoms with Crippen molar-refractivity contribution in [3.63, 3.8) is 0 Å². The standard InChI is InChI=1S/C17H23NO3/c19-16(13-15-5-2-1-3-6-15)18-11-9-14(10-12-18)7-4-8-17(20)21/h1-3,5-6,14H,4,7-13H2,(H,20,21). The van der Waals surface area contributed by atoms with Crippen molar-refractivity contribution in [3.8, 4) is 0 Å². The van der Waals surface area contributed by atoms with Gasteiger partial charge in [0.25, 0.3) is 0 Å². The monoisotopic (exact) mass is 289 g/mol. The summed E-state index contributed by atoms with van der Waals surface area (Å²) in [6.07, 6.45) is 4.45. The van der Waals surface area contributed by atoms with E-state index in [-0.39, 0.29) is 12.3 Å². The van der Waals surface area contributed by atoms with E-state index in [1.807, 2.05) is 35.2 Å². The van der Waals surface area contributed by atoms with E-state index in [9.17, 15) is 9.59 Å². The van der Waals surface area contributed by atoms with Gasteiger partial charge in [0.2, 0.25) is 5.91 Å². The fourth-order valence-electron chi connectivity index (χ4n) is 2.90. The Morgan fingerprint density at radius 2 is 1.81 bits per heavy atom. The molecule has 1 N–H and O–H groups in total. The molecule has 1 aromatic rings. The maximum atomic E-state index is 12.2. The average Bonchev–Trinajstić information content (AvgIpc) is 2.48. The lowest BCUT2D eigenvalue weighted by Crippen LogP contribution is -2.39. The van der Waals surface area contributed by atoms with Crippen LogP contribution in [0.25, 0.3) is 0 Å². The van der Waals surface area contributed by atoms with Gasteiger partial charge in [-0.3, -0.25) is 9.59 Å². The summed E-state index contributed by atoms with van der Waals surface area (Å²) in [6, 6.07) is 9.83. The molecule has 4 heteroatoms. The number of carbonyl (C=O) groups excluding carboxylic acids is 1. The third kappa shape index (κ3) is 5.21. The Morgan fingerprint density at radius 1 is 1.14 bits per heavy atom. The minimum atomic E-state index is -0.717. The van der Waals surface area contributed by atoms with Crippen molar-refractivity contribution in [2.24, 2.45) is 5.92 Å². The fourth-order valence-corrected chi connectivity index (χ4v) is 2.90. The molecular formula is C17H23NO3. The van der Waals surface area contributed by atoms with E-state index < -0.39 is 5.97 Å². The zero-order valence-corrected chi connectivity index (χ0v) is 12.3. The van der Waals surface area contributed by atoms with E-state index in [0.29, 0.717) is 12.3 Å². The maximum absolute atomic E-state index is 12.2. The minimum absolute atomic E-state index is 0.199. The van der Waals surface area contributed by atoms with Crippen LogP contribution in [-0.4, -0.2) is 35.0 Å². The second kappa shape index (κ2) is 7.81. The SMILES string of the molecule is O=C(O)CCCC1CCN(C(=O)Cc2ccccc2)CC1.